The van der Waals surface area contributed by atoms with Crippen molar-refractivity contribution >= 4 is 34.6 Å². The Hall–Kier alpha value is -0.190. The summed E-state index contributed by atoms with van der Waals surface area (Å²) in [7, 11) is 15.7. The molecule has 18 heavy (non-hydrogen) atoms. The molecule has 0 saturated carbocycles. The van der Waals surface area contributed by atoms with E-state index in [9.17, 15) is 0 Å². The van der Waals surface area contributed by atoms with Crippen molar-refractivity contribution in [3.05, 3.63) is 35.4 Å². The number of hydrogen-bond acceptors (Lipinski definition) is 3. The van der Waals surface area contributed by atoms with Gasteiger partial charge >= 0.3 is 37.7 Å². The molecule has 3 nitrogen and oxygen atoms in total. The summed E-state index contributed by atoms with van der Waals surface area (Å²) in [6.45, 7) is 0. The number of nitrogens with one attached hydrogen (secondary N) is 3. The predicted molar refractivity (Wildman–Crippen MR) is 77.7 cm³/mol. The molecule has 0 saturated heterocycles. The van der Waals surface area contributed by atoms with Crippen molar-refractivity contribution in [2.75, 3.05) is 31.8 Å². The van der Waals surface area contributed by atoms with Crippen molar-refractivity contribution in [3.63, 3.8) is 0 Å². The summed E-state index contributed by atoms with van der Waals surface area (Å²) < 4.78 is 0. The van der Waals surface area contributed by atoms with Crippen LogP contribution in [0.2, 0.25) is 0 Å². The first-order valence-electron chi connectivity index (χ1n) is 5.44. The number of fused-ring (bicyclic) bond motifs is 1. The van der Waals surface area contributed by atoms with Crippen LogP contribution in [0.1, 0.15) is 11.1 Å². The summed E-state index contributed by atoms with van der Waals surface area (Å²) in [5.41, 5.74) is 5.95. The topological polar surface area (TPSA) is 36.1 Å². The molecule has 1 aliphatic carbocycles. The molecule has 0 aromatic heterocycles. The number of anilines is 2. The summed E-state index contributed by atoms with van der Waals surface area (Å²) in [6.07, 6.45) is 4.31. The zero-order valence-corrected chi connectivity index (χ0v) is 15.7. The van der Waals surface area contributed by atoms with E-state index in [-0.39, 0.29) is 0 Å². The van der Waals surface area contributed by atoms with Crippen LogP contribution in [0.15, 0.2) is 17.8 Å². The van der Waals surface area contributed by atoms with Crippen LogP contribution < -0.4 is 16.0 Å². The molecule has 1 aliphatic rings. The standard InChI is InChI=1S/C12H16N3.2ClH.Hf/c1-13-8-6-9-10(7-8)12(15-3)5-4-11(9)14-2;;;/h4-7,13-15H,1-3H3;2*1H;/q;;;+2/p-2. The summed E-state index contributed by atoms with van der Waals surface area (Å²) in [6, 6.07) is 4.18. The quantitative estimate of drug-likeness (QED) is 0.618. The van der Waals surface area contributed by atoms with Gasteiger partial charge in [-0.05, 0) is 23.8 Å². The van der Waals surface area contributed by atoms with Gasteiger partial charge in [0, 0.05) is 50.2 Å². The Morgan fingerprint density at radius 3 is 1.83 bits per heavy atom. The van der Waals surface area contributed by atoms with E-state index < -0.39 is 20.5 Å². The minimum atomic E-state index is -0.972. The predicted octanol–water partition coefficient (Wildman–Crippen LogP) is 3.27. The molecule has 1 aromatic rings. The molecule has 3 N–H and O–H groups in total. The van der Waals surface area contributed by atoms with Gasteiger partial charge in [-0.25, -0.2) is 0 Å². The third-order valence-electron chi connectivity index (χ3n) is 2.71. The third-order valence-corrected chi connectivity index (χ3v) is 2.71. The maximum atomic E-state index is 4.96. The first-order valence-corrected chi connectivity index (χ1v) is 14.3. The molecule has 0 bridgehead atoms. The van der Waals surface area contributed by atoms with Crippen LogP contribution >= 0.6 is 17.2 Å². The van der Waals surface area contributed by atoms with Crippen LogP contribution in [0.25, 0.3) is 6.08 Å². The summed E-state index contributed by atoms with van der Waals surface area (Å²) in [5, 5.41) is 9.57. The van der Waals surface area contributed by atoms with Gasteiger partial charge in [0.15, 0.2) is 0 Å². The first-order chi connectivity index (χ1) is 8.71. The van der Waals surface area contributed by atoms with E-state index in [0.29, 0.717) is 0 Å². The van der Waals surface area contributed by atoms with Crippen LogP contribution in [-0.4, -0.2) is 21.1 Å². The number of benzene rings is 1. The Bertz CT molecular complexity index is 436. The molecule has 0 spiro atoms. The van der Waals surface area contributed by atoms with Gasteiger partial charge in [-0.2, -0.15) is 0 Å². The number of hydrogen-bond donors (Lipinski definition) is 3. The Labute approximate surface area is 127 Å². The SMILES string of the molecule is CNC1=Cc2c(NC)ccc(NC)c2[CH]1.[Cl][Hf][Cl]. The molecule has 2 rings (SSSR count). The van der Waals surface area contributed by atoms with E-state index in [2.05, 4.69) is 40.6 Å². The molecule has 0 fully saturated rings. The van der Waals surface area contributed by atoms with Crippen molar-refractivity contribution < 1.29 is 20.5 Å². The molecule has 0 aliphatic heterocycles. The average molecular weight is 452 g/mol. The maximum absolute atomic E-state index is 4.96. The molecule has 1 aromatic carbocycles. The van der Waals surface area contributed by atoms with Gasteiger partial charge in [0.05, 0.1) is 0 Å². The molecular weight excluding hydrogens is 436 g/mol. The fourth-order valence-electron chi connectivity index (χ4n) is 1.88. The number of rotatable bonds is 3. The number of halogens is 2. The van der Waals surface area contributed by atoms with Crippen molar-refractivity contribution in [2.24, 2.45) is 0 Å². The average Bonchev–Trinajstić information content (AvgIpc) is 2.82. The molecule has 0 amide bonds. The van der Waals surface area contributed by atoms with E-state index in [0.717, 1.165) is 17.1 Å². The van der Waals surface area contributed by atoms with Gasteiger partial charge < -0.3 is 16.0 Å². The Kier molecular flexibility index (Phi) is 7.12. The van der Waals surface area contributed by atoms with Gasteiger partial charge in [0.1, 0.15) is 0 Å². The fraction of sp³-hybridized carbons (Fsp3) is 0.250. The summed E-state index contributed by atoms with van der Waals surface area (Å²) in [5.74, 6) is 0. The second kappa shape index (κ2) is 8.08. The second-order valence-corrected chi connectivity index (χ2v) is 8.74. The summed E-state index contributed by atoms with van der Waals surface area (Å²) in [4.78, 5) is 0. The molecule has 1 radical (unpaired) electrons. The van der Waals surface area contributed by atoms with E-state index in [1.165, 1.54) is 11.1 Å². The van der Waals surface area contributed by atoms with Crippen molar-refractivity contribution in [1.82, 2.24) is 5.32 Å². The third kappa shape index (κ3) is 3.65. The molecule has 0 atom stereocenters. The normalized spacial score (nSPS) is 11.7. The van der Waals surface area contributed by atoms with Crippen LogP contribution in [0.5, 0.6) is 0 Å². The van der Waals surface area contributed by atoms with E-state index in [1.54, 1.807) is 0 Å². The van der Waals surface area contributed by atoms with Crippen LogP contribution in [-0.2, 0) is 20.5 Å². The summed E-state index contributed by atoms with van der Waals surface area (Å²) >= 11 is -0.972. The molecule has 6 heteroatoms. The van der Waals surface area contributed by atoms with Gasteiger partial charge in [-0.15, -0.1) is 0 Å². The minimum absolute atomic E-state index is 0.972. The van der Waals surface area contributed by atoms with Gasteiger partial charge in [-0.3, -0.25) is 0 Å². The molecule has 0 unspecified atom stereocenters. The zero-order chi connectivity index (χ0) is 13.5. The van der Waals surface area contributed by atoms with Crippen LogP contribution in [0.3, 0.4) is 0 Å². The number of allylic oxidation sites excluding steroid dienone is 1. The Balaban J connectivity index is 0.000000492. The van der Waals surface area contributed by atoms with Crippen LogP contribution in [0.4, 0.5) is 11.4 Å². The first kappa shape index (κ1) is 15.9. The Morgan fingerprint density at radius 2 is 1.39 bits per heavy atom. The van der Waals surface area contributed by atoms with Gasteiger partial charge in [0.2, 0.25) is 0 Å². The van der Waals surface area contributed by atoms with Gasteiger partial charge in [-0.1, -0.05) is 0 Å². The van der Waals surface area contributed by atoms with Crippen LogP contribution in [0, 0.1) is 6.42 Å². The molecule has 0 heterocycles. The van der Waals surface area contributed by atoms with Gasteiger partial charge in [0.25, 0.3) is 0 Å². The molecule has 97 valence electrons. The molecular formula is C12H16Cl2HfN3. The van der Waals surface area contributed by atoms with E-state index in [4.69, 9.17) is 17.2 Å². The van der Waals surface area contributed by atoms with Crippen molar-refractivity contribution in [1.29, 1.82) is 0 Å². The zero-order valence-electron chi connectivity index (χ0n) is 10.6. The monoisotopic (exact) mass is 452 g/mol. The van der Waals surface area contributed by atoms with E-state index in [1.807, 2.05) is 21.1 Å². The fourth-order valence-corrected chi connectivity index (χ4v) is 1.88. The Morgan fingerprint density at radius 1 is 0.889 bits per heavy atom. The second-order valence-electron chi connectivity index (χ2n) is 3.55. The van der Waals surface area contributed by atoms with Crippen molar-refractivity contribution in [3.8, 4) is 0 Å². The van der Waals surface area contributed by atoms with E-state index >= 15 is 0 Å². The van der Waals surface area contributed by atoms with Crippen molar-refractivity contribution in [2.45, 2.75) is 0 Å². The number of likely N-dealkylation sites (N-methyl/N-ethyl adjacent to an activating group) is 1.